The van der Waals surface area contributed by atoms with Gasteiger partial charge in [-0.1, -0.05) is 54.6 Å². The molecule has 1 heterocycles. The van der Waals surface area contributed by atoms with E-state index in [1.54, 1.807) is 0 Å². The maximum Gasteiger partial charge on any atom is 0.208 e. The number of fused-ring (bicyclic) bond motifs is 4. The van der Waals surface area contributed by atoms with Crippen LogP contribution in [0.25, 0.3) is 10.8 Å². The lowest BCUT2D eigenvalue weighted by atomic mass is 10.1. The molecule has 0 saturated heterocycles. The molecule has 0 radical (unpaired) electrons. The number of Topliss-reactive ketones (excluding diaryl/α,β-unsaturated/α-hetero) is 1. The van der Waals surface area contributed by atoms with E-state index >= 15 is 0 Å². The van der Waals surface area contributed by atoms with Gasteiger partial charge >= 0.3 is 0 Å². The number of carbonyl (C=O) groups excluding carboxylic acids is 1. The number of carbonyl (C=O) groups is 1. The molecule has 1 aliphatic carbocycles. The Morgan fingerprint density at radius 2 is 1.80 bits per heavy atom. The van der Waals surface area contributed by atoms with Crippen molar-refractivity contribution in [1.82, 2.24) is 0 Å². The summed E-state index contributed by atoms with van der Waals surface area (Å²) in [6, 6.07) is 20.2. The molecule has 0 fully saturated rings. The molecule has 1 aliphatic heterocycles. The van der Waals surface area contributed by atoms with E-state index in [-0.39, 0.29) is 5.78 Å². The van der Waals surface area contributed by atoms with Crippen LogP contribution in [0.2, 0.25) is 0 Å². The molecule has 0 N–H and O–H groups in total. The van der Waals surface area contributed by atoms with E-state index in [1.165, 1.54) is 0 Å². The average Bonchev–Trinajstić information content (AvgIpc) is 3.19. The summed E-state index contributed by atoms with van der Waals surface area (Å²) in [5, 5.41) is 2.22. The van der Waals surface area contributed by atoms with Crippen molar-refractivity contribution in [2.75, 3.05) is 11.4 Å². The fourth-order valence-corrected chi connectivity index (χ4v) is 3.85. The van der Waals surface area contributed by atoms with Crippen LogP contribution >= 0.6 is 0 Å². The van der Waals surface area contributed by atoms with Gasteiger partial charge in [0.2, 0.25) is 5.88 Å². The third kappa shape index (κ3) is 1.96. The molecule has 3 aromatic rings. The number of benzene rings is 3. The zero-order valence-electron chi connectivity index (χ0n) is 14.0. The molecule has 2 aliphatic rings. The highest BCUT2D eigenvalue weighted by Gasteiger charge is 2.35. The monoisotopic (exact) mass is 327 g/mol. The number of ketones is 1. The highest BCUT2D eigenvalue weighted by Crippen LogP contribution is 2.46. The van der Waals surface area contributed by atoms with Gasteiger partial charge in [0.25, 0.3) is 0 Å². The van der Waals surface area contributed by atoms with E-state index in [9.17, 15) is 4.79 Å². The van der Waals surface area contributed by atoms with Crippen molar-refractivity contribution in [3.05, 3.63) is 83.2 Å². The van der Waals surface area contributed by atoms with Crippen LogP contribution in [0, 0.1) is 0 Å². The second-order valence-electron chi connectivity index (χ2n) is 6.43. The van der Waals surface area contributed by atoms with Crippen LogP contribution in [0.3, 0.4) is 0 Å². The van der Waals surface area contributed by atoms with Crippen LogP contribution in [-0.4, -0.2) is 12.3 Å². The summed E-state index contributed by atoms with van der Waals surface area (Å²) >= 11 is 0. The van der Waals surface area contributed by atoms with Crippen molar-refractivity contribution in [2.24, 2.45) is 0 Å². The van der Waals surface area contributed by atoms with Gasteiger partial charge in [0.05, 0.1) is 11.3 Å². The van der Waals surface area contributed by atoms with Crippen molar-refractivity contribution in [3.63, 3.8) is 0 Å². The molecule has 122 valence electrons. The first-order chi connectivity index (χ1) is 12.3. The third-order valence-corrected chi connectivity index (χ3v) is 5.07. The molecular formula is C22H17NO2. The maximum absolute atomic E-state index is 12.9. The van der Waals surface area contributed by atoms with Gasteiger partial charge < -0.3 is 9.64 Å². The molecule has 0 saturated carbocycles. The van der Waals surface area contributed by atoms with Gasteiger partial charge in [-0.2, -0.15) is 0 Å². The first-order valence-electron chi connectivity index (χ1n) is 8.61. The van der Waals surface area contributed by atoms with E-state index < -0.39 is 0 Å². The molecule has 0 unspecified atom stereocenters. The zero-order valence-corrected chi connectivity index (χ0v) is 14.0. The SMILES string of the molecule is CCN1/C(=C2\Cc3ccccc3C2=O)Oc2c1ccc1ccccc21. The lowest BCUT2D eigenvalue weighted by Crippen LogP contribution is -2.22. The highest BCUT2D eigenvalue weighted by atomic mass is 16.5. The number of hydrogen-bond acceptors (Lipinski definition) is 3. The highest BCUT2D eigenvalue weighted by molar-refractivity contribution is 6.14. The lowest BCUT2D eigenvalue weighted by molar-refractivity contribution is 0.103. The van der Waals surface area contributed by atoms with Crippen LogP contribution in [0.1, 0.15) is 22.8 Å². The molecule has 3 aromatic carbocycles. The van der Waals surface area contributed by atoms with E-state index in [0.29, 0.717) is 12.3 Å². The quantitative estimate of drug-likeness (QED) is 0.606. The number of ether oxygens (including phenoxy) is 1. The number of hydrogen-bond donors (Lipinski definition) is 0. The minimum Gasteiger partial charge on any atom is -0.438 e. The van der Waals surface area contributed by atoms with Gasteiger partial charge in [-0.3, -0.25) is 4.79 Å². The van der Waals surface area contributed by atoms with E-state index in [4.69, 9.17) is 4.74 Å². The standard InChI is InChI=1S/C22H17NO2/c1-2-23-19-12-11-14-7-3-6-10-17(14)21(19)25-22(23)18-13-15-8-4-5-9-16(15)20(18)24/h3-12H,2,13H2,1H3/b22-18-. The Morgan fingerprint density at radius 3 is 2.64 bits per heavy atom. The minimum absolute atomic E-state index is 0.0844. The molecule has 0 bridgehead atoms. The van der Waals surface area contributed by atoms with Gasteiger partial charge in [0, 0.05) is 23.9 Å². The fraction of sp³-hybridized carbons (Fsp3) is 0.136. The Bertz CT molecular complexity index is 1060. The number of nitrogens with zero attached hydrogens (tertiary/aromatic N) is 1. The Balaban J connectivity index is 1.69. The smallest absolute Gasteiger partial charge is 0.208 e. The van der Waals surface area contributed by atoms with Gasteiger partial charge in [-0.15, -0.1) is 0 Å². The molecule has 5 rings (SSSR count). The Kier molecular flexibility index (Phi) is 2.98. The molecule has 0 spiro atoms. The summed E-state index contributed by atoms with van der Waals surface area (Å²) in [7, 11) is 0. The maximum atomic E-state index is 12.9. The molecule has 3 heteroatoms. The number of allylic oxidation sites excluding steroid dienone is 1. The summed E-state index contributed by atoms with van der Waals surface area (Å²) in [6.07, 6.45) is 0.632. The van der Waals surface area contributed by atoms with Gasteiger partial charge in [-0.05, 0) is 23.9 Å². The molecule has 25 heavy (non-hydrogen) atoms. The molecular weight excluding hydrogens is 310 g/mol. The first-order valence-corrected chi connectivity index (χ1v) is 8.61. The summed E-state index contributed by atoms with van der Waals surface area (Å²) in [6.45, 7) is 2.84. The van der Waals surface area contributed by atoms with Crippen molar-refractivity contribution < 1.29 is 9.53 Å². The second kappa shape index (κ2) is 5.21. The van der Waals surface area contributed by atoms with Crippen molar-refractivity contribution >= 4 is 22.2 Å². The van der Waals surface area contributed by atoms with Crippen LogP contribution in [0.15, 0.2) is 72.1 Å². The largest absolute Gasteiger partial charge is 0.438 e. The predicted molar refractivity (Wildman–Crippen MR) is 99.1 cm³/mol. The topological polar surface area (TPSA) is 29.5 Å². The van der Waals surface area contributed by atoms with Crippen molar-refractivity contribution in [3.8, 4) is 5.75 Å². The predicted octanol–water partition coefficient (Wildman–Crippen LogP) is 4.71. The van der Waals surface area contributed by atoms with E-state index in [1.807, 2.05) is 36.4 Å². The lowest BCUT2D eigenvalue weighted by Gasteiger charge is -2.17. The van der Waals surface area contributed by atoms with Gasteiger partial charge in [0.15, 0.2) is 11.5 Å². The Hall–Kier alpha value is -3.07. The fourth-order valence-electron chi connectivity index (χ4n) is 3.85. The molecule has 0 atom stereocenters. The molecule has 0 aromatic heterocycles. The first kappa shape index (κ1) is 14.3. The molecule has 3 nitrogen and oxygen atoms in total. The van der Waals surface area contributed by atoms with Crippen molar-refractivity contribution in [2.45, 2.75) is 13.3 Å². The minimum atomic E-state index is 0.0844. The van der Waals surface area contributed by atoms with Crippen LogP contribution in [-0.2, 0) is 6.42 Å². The van der Waals surface area contributed by atoms with Gasteiger partial charge in [0.1, 0.15) is 0 Å². The third-order valence-electron chi connectivity index (χ3n) is 5.07. The van der Waals surface area contributed by atoms with Crippen LogP contribution in [0.4, 0.5) is 5.69 Å². The van der Waals surface area contributed by atoms with Crippen LogP contribution < -0.4 is 9.64 Å². The summed E-state index contributed by atoms with van der Waals surface area (Å²) in [5.41, 5.74) is 3.66. The van der Waals surface area contributed by atoms with E-state index in [0.717, 1.165) is 45.5 Å². The average molecular weight is 327 g/mol. The molecule has 0 amide bonds. The van der Waals surface area contributed by atoms with Gasteiger partial charge in [-0.25, -0.2) is 0 Å². The van der Waals surface area contributed by atoms with Crippen molar-refractivity contribution in [1.29, 1.82) is 0 Å². The summed E-state index contributed by atoms with van der Waals surface area (Å²) < 4.78 is 6.29. The number of rotatable bonds is 1. The summed E-state index contributed by atoms with van der Waals surface area (Å²) in [4.78, 5) is 15.0. The Labute approximate surface area is 146 Å². The summed E-state index contributed by atoms with van der Waals surface area (Å²) in [5.74, 6) is 1.63. The normalized spacial score (nSPS) is 18.4. The second-order valence-corrected chi connectivity index (χ2v) is 6.43. The van der Waals surface area contributed by atoms with E-state index in [2.05, 4.69) is 36.1 Å². The zero-order chi connectivity index (χ0) is 17.0. The Morgan fingerprint density at radius 1 is 1.00 bits per heavy atom. The number of anilines is 1. The van der Waals surface area contributed by atoms with Crippen LogP contribution in [0.5, 0.6) is 5.75 Å².